The fourth-order valence-electron chi connectivity index (χ4n) is 1.03. The van der Waals surface area contributed by atoms with E-state index >= 15 is 0 Å². The predicted molar refractivity (Wildman–Crippen MR) is 62.3 cm³/mol. The summed E-state index contributed by atoms with van der Waals surface area (Å²) < 4.78 is 0. The topological polar surface area (TPSA) is 24.1 Å². The van der Waals surface area contributed by atoms with Crippen LogP contribution in [0.25, 0.3) is 0 Å². The Labute approximate surface area is 84.5 Å². The van der Waals surface area contributed by atoms with Crippen LogP contribution in [-0.2, 0) is 0 Å². The Kier molecular flexibility index (Phi) is 21.2. The fraction of sp³-hybridized carbons (Fsp3) is 1.00. The lowest BCUT2D eigenvalue weighted by Gasteiger charge is -2.02. The number of unbranched alkanes of at least 4 members (excludes halogenated alkanes) is 2. The van der Waals surface area contributed by atoms with Gasteiger partial charge in [-0.25, -0.2) is 0 Å². The van der Waals surface area contributed by atoms with Crippen LogP contribution < -0.4 is 10.6 Å². The van der Waals surface area contributed by atoms with Crippen molar-refractivity contribution >= 4 is 0 Å². The molecule has 0 unspecified atom stereocenters. The monoisotopic (exact) mass is 188 g/mol. The number of hydrogen-bond donors (Lipinski definition) is 2. The molecule has 0 saturated heterocycles. The molecule has 0 aliphatic heterocycles. The summed E-state index contributed by atoms with van der Waals surface area (Å²) in [5, 5.41) is 6.54. The molecule has 0 aliphatic carbocycles. The molecule has 0 aromatic heterocycles. The van der Waals surface area contributed by atoms with Crippen molar-refractivity contribution in [2.24, 2.45) is 0 Å². The van der Waals surface area contributed by atoms with Crippen LogP contribution in [0.5, 0.6) is 0 Å². The van der Waals surface area contributed by atoms with E-state index in [9.17, 15) is 0 Å². The Morgan fingerprint density at radius 1 is 0.846 bits per heavy atom. The number of rotatable bonds is 8. The normalized spacial score (nSPS) is 9.23. The maximum absolute atomic E-state index is 3.39. The van der Waals surface area contributed by atoms with Gasteiger partial charge < -0.3 is 10.6 Å². The van der Waals surface area contributed by atoms with Crippen molar-refractivity contribution in [3.63, 3.8) is 0 Å². The zero-order chi connectivity index (χ0) is 10.4. The highest BCUT2D eigenvalue weighted by Crippen LogP contribution is 1.91. The Morgan fingerprint density at radius 2 is 1.46 bits per heavy atom. The first-order valence-electron chi connectivity index (χ1n) is 5.77. The maximum atomic E-state index is 3.39. The Hall–Kier alpha value is -0.0800. The molecule has 2 N–H and O–H groups in total. The van der Waals surface area contributed by atoms with Gasteiger partial charge in [0.1, 0.15) is 0 Å². The Morgan fingerprint density at radius 3 is 2.00 bits per heavy atom. The van der Waals surface area contributed by atoms with Gasteiger partial charge in [0.15, 0.2) is 0 Å². The molecule has 0 aromatic rings. The van der Waals surface area contributed by atoms with Gasteiger partial charge >= 0.3 is 0 Å². The third-order valence-electron chi connectivity index (χ3n) is 1.71. The molecule has 82 valence electrons. The molecule has 0 spiro atoms. The highest BCUT2D eigenvalue weighted by molar-refractivity contribution is 4.48. The molecule has 2 nitrogen and oxygen atoms in total. The molecule has 0 rings (SSSR count). The van der Waals surface area contributed by atoms with E-state index in [2.05, 4.69) is 17.6 Å². The minimum absolute atomic E-state index is 1.16. The second kappa shape index (κ2) is 17.9. The van der Waals surface area contributed by atoms with E-state index in [4.69, 9.17) is 0 Å². The van der Waals surface area contributed by atoms with Crippen LogP contribution in [0.1, 0.15) is 46.5 Å². The van der Waals surface area contributed by atoms with Gasteiger partial charge in [-0.2, -0.15) is 0 Å². The third-order valence-corrected chi connectivity index (χ3v) is 1.71. The van der Waals surface area contributed by atoms with E-state index in [0.717, 1.165) is 6.54 Å². The largest absolute Gasteiger partial charge is 0.320 e. The second-order valence-corrected chi connectivity index (χ2v) is 2.91. The van der Waals surface area contributed by atoms with Crippen molar-refractivity contribution < 1.29 is 0 Å². The Bertz CT molecular complexity index is 57.1. The van der Waals surface area contributed by atoms with Crippen LogP contribution in [0.2, 0.25) is 0 Å². The summed E-state index contributed by atoms with van der Waals surface area (Å²) in [5.74, 6) is 0. The second-order valence-electron chi connectivity index (χ2n) is 2.91. The minimum atomic E-state index is 1.16. The molecule has 0 fully saturated rings. The van der Waals surface area contributed by atoms with Crippen molar-refractivity contribution in [3.05, 3.63) is 0 Å². The van der Waals surface area contributed by atoms with E-state index in [1.54, 1.807) is 0 Å². The van der Waals surface area contributed by atoms with E-state index < -0.39 is 0 Å². The van der Waals surface area contributed by atoms with Crippen molar-refractivity contribution in [1.29, 1.82) is 0 Å². The molecule has 0 atom stereocenters. The van der Waals surface area contributed by atoms with Crippen LogP contribution in [-0.4, -0.2) is 26.7 Å². The standard InChI is InChI=1S/C9H22N2.C2H6/c1-3-7-11-9-6-4-5-8-10-2;1-2/h10-11H,3-9H2,1-2H3;1-2H3. The van der Waals surface area contributed by atoms with Gasteiger partial charge in [0.05, 0.1) is 0 Å². The lowest BCUT2D eigenvalue weighted by molar-refractivity contribution is 0.587. The van der Waals surface area contributed by atoms with Gasteiger partial charge in [0.2, 0.25) is 0 Å². The molecule has 2 heteroatoms. The zero-order valence-electron chi connectivity index (χ0n) is 9.95. The molecule has 0 bridgehead atoms. The summed E-state index contributed by atoms with van der Waals surface area (Å²) >= 11 is 0. The van der Waals surface area contributed by atoms with Gasteiger partial charge in [0.25, 0.3) is 0 Å². The predicted octanol–water partition coefficient (Wildman–Crippen LogP) is 2.40. The molecular formula is C11H28N2. The zero-order valence-corrected chi connectivity index (χ0v) is 9.95. The minimum Gasteiger partial charge on any atom is -0.320 e. The molecule has 0 heterocycles. The molecule has 0 amide bonds. The van der Waals surface area contributed by atoms with E-state index in [-0.39, 0.29) is 0 Å². The lowest BCUT2D eigenvalue weighted by atomic mass is 10.2. The average Bonchev–Trinajstić information content (AvgIpc) is 2.20. The lowest BCUT2D eigenvalue weighted by Crippen LogP contribution is -2.16. The van der Waals surface area contributed by atoms with E-state index in [0.29, 0.717) is 0 Å². The molecule has 0 saturated carbocycles. The summed E-state index contributed by atoms with van der Waals surface area (Å²) in [7, 11) is 2.01. The van der Waals surface area contributed by atoms with Crippen LogP contribution in [0.4, 0.5) is 0 Å². The van der Waals surface area contributed by atoms with Crippen LogP contribution in [0, 0.1) is 0 Å². The van der Waals surface area contributed by atoms with Crippen molar-refractivity contribution in [2.75, 3.05) is 26.7 Å². The molecule has 0 radical (unpaired) electrons. The van der Waals surface area contributed by atoms with Crippen molar-refractivity contribution in [2.45, 2.75) is 46.5 Å². The first-order valence-corrected chi connectivity index (χ1v) is 5.77. The SMILES string of the molecule is CC.CCCNCCCCCNC. The first kappa shape index (κ1) is 15.4. The fourth-order valence-corrected chi connectivity index (χ4v) is 1.03. The maximum Gasteiger partial charge on any atom is -0.00489 e. The summed E-state index contributed by atoms with van der Waals surface area (Å²) in [6.07, 6.45) is 5.22. The summed E-state index contributed by atoms with van der Waals surface area (Å²) in [5.41, 5.74) is 0. The molecule has 0 aliphatic rings. The van der Waals surface area contributed by atoms with Gasteiger partial charge in [-0.3, -0.25) is 0 Å². The summed E-state index contributed by atoms with van der Waals surface area (Å²) in [6, 6.07) is 0. The summed E-state index contributed by atoms with van der Waals surface area (Å²) in [4.78, 5) is 0. The van der Waals surface area contributed by atoms with Crippen LogP contribution in [0.15, 0.2) is 0 Å². The van der Waals surface area contributed by atoms with Gasteiger partial charge in [-0.15, -0.1) is 0 Å². The van der Waals surface area contributed by atoms with E-state index in [1.807, 2.05) is 20.9 Å². The average molecular weight is 188 g/mol. The quantitative estimate of drug-likeness (QED) is 0.572. The van der Waals surface area contributed by atoms with Gasteiger partial charge in [-0.05, 0) is 45.9 Å². The highest BCUT2D eigenvalue weighted by Gasteiger charge is 1.87. The Balaban J connectivity index is 0. The van der Waals surface area contributed by atoms with Gasteiger partial charge in [-0.1, -0.05) is 27.2 Å². The number of nitrogens with one attached hydrogen (secondary N) is 2. The van der Waals surface area contributed by atoms with Crippen LogP contribution in [0.3, 0.4) is 0 Å². The van der Waals surface area contributed by atoms with Crippen molar-refractivity contribution in [3.8, 4) is 0 Å². The molecule has 0 aromatic carbocycles. The molecular weight excluding hydrogens is 160 g/mol. The number of hydrogen-bond acceptors (Lipinski definition) is 2. The summed E-state index contributed by atoms with van der Waals surface area (Å²) in [6.45, 7) is 9.73. The van der Waals surface area contributed by atoms with Gasteiger partial charge in [0, 0.05) is 0 Å². The molecule has 13 heavy (non-hydrogen) atoms. The van der Waals surface area contributed by atoms with Crippen molar-refractivity contribution in [1.82, 2.24) is 10.6 Å². The van der Waals surface area contributed by atoms with Crippen LogP contribution >= 0.6 is 0 Å². The smallest absolute Gasteiger partial charge is 0.00489 e. The van der Waals surface area contributed by atoms with E-state index in [1.165, 1.54) is 38.8 Å². The first-order chi connectivity index (χ1) is 6.41. The third kappa shape index (κ3) is 18.7. The highest BCUT2D eigenvalue weighted by atomic mass is 14.8.